The van der Waals surface area contributed by atoms with Crippen molar-refractivity contribution < 1.29 is 13.9 Å². The predicted octanol–water partition coefficient (Wildman–Crippen LogP) is 3.87. The van der Waals surface area contributed by atoms with Crippen molar-refractivity contribution in [3.8, 4) is 17.4 Å². The summed E-state index contributed by atoms with van der Waals surface area (Å²) < 4.78 is 13.1. The Balaban J connectivity index is 1.25. The lowest BCUT2D eigenvalue weighted by Gasteiger charge is -2.48. The van der Waals surface area contributed by atoms with Gasteiger partial charge in [-0.15, -0.1) is 0 Å². The molecule has 190 valence electrons. The van der Waals surface area contributed by atoms with E-state index in [-0.39, 0.29) is 11.4 Å². The average Bonchev–Trinajstić information content (AvgIpc) is 3.51. The molecule has 1 saturated heterocycles. The second-order valence-electron chi connectivity index (χ2n) is 10.3. The van der Waals surface area contributed by atoms with Crippen molar-refractivity contribution in [3.63, 3.8) is 0 Å². The maximum atomic E-state index is 13.5. The van der Waals surface area contributed by atoms with Gasteiger partial charge < -0.3 is 14.5 Å². The number of furan rings is 1. The molecule has 1 N–H and O–H groups in total. The zero-order chi connectivity index (χ0) is 24.5. The summed E-state index contributed by atoms with van der Waals surface area (Å²) >= 11 is 0. The molecule has 9 heteroatoms. The molecule has 0 unspecified atom stereocenters. The van der Waals surface area contributed by atoms with E-state index in [9.17, 15) is 4.79 Å². The number of carbonyl (C=O) groups excluding carboxylic acids is 1. The molecule has 2 saturated carbocycles. The van der Waals surface area contributed by atoms with Gasteiger partial charge in [-0.25, -0.2) is 14.6 Å². The van der Waals surface area contributed by atoms with E-state index >= 15 is 0 Å². The van der Waals surface area contributed by atoms with Crippen molar-refractivity contribution in [1.82, 2.24) is 30.0 Å². The van der Waals surface area contributed by atoms with Crippen LogP contribution in [0.3, 0.4) is 0 Å². The number of aryl methyl sites for hydroxylation is 1. The Morgan fingerprint density at radius 3 is 2.67 bits per heavy atom. The maximum absolute atomic E-state index is 13.5. The van der Waals surface area contributed by atoms with Crippen molar-refractivity contribution in [3.05, 3.63) is 47.6 Å². The van der Waals surface area contributed by atoms with E-state index in [2.05, 4.69) is 20.3 Å². The molecule has 36 heavy (non-hydrogen) atoms. The van der Waals surface area contributed by atoms with Gasteiger partial charge in [0.1, 0.15) is 11.5 Å². The van der Waals surface area contributed by atoms with Gasteiger partial charge in [0.15, 0.2) is 5.76 Å². The number of carbonyl (C=O) groups is 1. The third-order valence-corrected chi connectivity index (χ3v) is 7.88. The van der Waals surface area contributed by atoms with Crippen LogP contribution in [0.5, 0.6) is 0 Å². The van der Waals surface area contributed by atoms with Gasteiger partial charge in [0.05, 0.1) is 30.7 Å². The van der Waals surface area contributed by atoms with E-state index in [0.29, 0.717) is 35.4 Å². The summed E-state index contributed by atoms with van der Waals surface area (Å²) in [6, 6.07) is 5.64. The number of hydrogen-bond acceptors (Lipinski definition) is 7. The minimum absolute atomic E-state index is 0.0199. The van der Waals surface area contributed by atoms with Gasteiger partial charge in [-0.05, 0) is 50.8 Å². The molecule has 0 aromatic carbocycles. The summed E-state index contributed by atoms with van der Waals surface area (Å²) in [4.78, 5) is 25.3. The average molecular weight is 491 g/mol. The van der Waals surface area contributed by atoms with Crippen molar-refractivity contribution in [2.24, 2.45) is 0 Å². The van der Waals surface area contributed by atoms with E-state index in [0.717, 1.165) is 63.4 Å². The number of aromatic nitrogens is 4. The third-order valence-electron chi connectivity index (χ3n) is 7.88. The van der Waals surface area contributed by atoms with Crippen LogP contribution >= 0.6 is 0 Å². The number of nitrogens with zero attached hydrogens (tertiary/aromatic N) is 5. The van der Waals surface area contributed by atoms with Crippen molar-refractivity contribution in [2.75, 3.05) is 32.8 Å². The Hall–Kier alpha value is -3.04. The summed E-state index contributed by atoms with van der Waals surface area (Å²) in [6.07, 6.45) is 11.4. The highest BCUT2D eigenvalue weighted by atomic mass is 16.5. The zero-order valence-electron chi connectivity index (χ0n) is 20.9. The van der Waals surface area contributed by atoms with Gasteiger partial charge in [0.2, 0.25) is 0 Å². The summed E-state index contributed by atoms with van der Waals surface area (Å²) in [6.45, 7) is 5.97. The largest absolute Gasteiger partial charge is 0.460 e. The summed E-state index contributed by atoms with van der Waals surface area (Å²) in [5, 5.41) is 7.89. The number of ether oxygens (including phenoxy) is 1. The highest BCUT2D eigenvalue weighted by Gasteiger charge is 2.40. The Labute approximate surface area is 211 Å². The highest BCUT2D eigenvalue weighted by molar-refractivity contribution is 5.95. The van der Waals surface area contributed by atoms with Crippen LogP contribution < -0.4 is 5.32 Å². The quantitative estimate of drug-likeness (QED) is 0.537. The van der Waals surface area contributed by atoms with Crippen molar-refractivity contribution in [1.29, 1.82) is 0 Å². The molecule has 3 aliphatic rings. The third kappa shape index (κ3) is 4.57. The maximum Gasteiger partial charge on any atom is 0.254 e. The minimum Gasteiger partial charge on any atom is -0.460 e. The van der Waals surface area contributed by atoms with Crippen molar-refractivity contribution >= 4 is 5.91 Å². The summed E-state index contributed by atoms with van der Waals surface area (Å²) in [7, 11) is 0. The van der Waals surface area contributed by atoms with Crippen LogP contribution in [0.25, 0.3) is 17.4 Å². The Morgan fingerprint density at radius 1 is 1.14 bits per heavy atom. The fourth-order valence-electron chi connectivity index (χ4n) is 5.79. The first-order valence-electron chi connectivity index (χ1n) is 13.2. The summed E-state index contributed by atoms with van der Waals surface area (Å²) in [5.41, 5.74) is 2.25. The number of rotatable bonds is 7. The van der Waals surface area contributed by atoms with Crippen LogP contribution in [0.2, 0.25) is 0 Å². The van der Waals surface area contributed by atoms with E-state index in [1.165, 1.54) is 19.3 Å². The zero-order valence-corrected chi connectivity index (χ0v) is 20.9. The van der Waals surface area contributed by atoms with Gasteiger partial charge in [-0.1, -0.05) is 19.3 Å². The van der Waals surface area contributed by atoms with Crippen LogP contribution in [0, 0.1) is 6.92 Å². The van der Waals surface area contributed by atoms with Crippen LogP contribution in [0.4, 0.5) is 0 Å². The van der Waals surface area contributed by atoms with Crippen LogP contribution in [0.1, 0.15) is 72.7 Å². The van der Waals surface area contributed by atoms with Gasteiger partial charge in [0.25, 0.3) is 11.9 Å². The van der Waals surface area contributed by atoms with Gasteiger partial charge in [-0.2, -0.15) is 5.10 Å². The molecule has 3 fully saturated rings. The smallest absolute Gasteiger partial charge is 0.254 e. The van der Waals surface area contributed by atoms with E-state index < -0.39 is 0 Å². The SMILES string of the molecule is Cc1ccc(-c2ccnc(-n3ncc(C(=O)NCC4(N5CCOCC5)CCCCC4)c3C3CC3)n2)o1. The molecule has 6 rings (SSSR count). The fourth-order valence-corrected chi connectivity index (χ4v) is 5.79. The Morgan fingerprint density at radius 2 is 1.94 bits per heavy atom. The first-order valence-corrected chi connectivity index (χ1v) is 13.2. The fraction of sp³-hybridized carbons (Fsp3) is 0.556. The second kappa shape index (κ2) is 9.78. The second-order valence-corrected chi connectivity index (χ2v) is 10.3. The molecule has 9 nitrogen and oxygen atoms in total. The number of hydrogen-bond donors (Lipinski definition) is 1. The molecule has 1 aliphatic heterocycles. The van der Waals surface area contributed by atoms with Gasteiger partial charge in [-0.3, -0.25) is 9.69 Å². The molecule has 3 aromatic heterocycles. The van der Waals surface area contributed by atoms with Gasteiger partial charge >= 0.3 is 0 Å². The van der Waals surface area contributed by atoms with E-state index in [4.69, 9.17) is 14.1 Å². The molecule has 0 bridgehead atoms. The highest BCUT2D eigenvalue weighted by Crippen LogP contribution is 2.42. The van der Waals surface area contributed by atoms with Crippen molar-refractivity contribution in [2.45, 2.75) is 63.3 Å². The van der Waals surface area contributed by atoms with Gasteiger partial charge in [0, 0.05) is 37.3 Å². The lowest BCUT2D eigenvalue weighted by molar-refractivity contribution is -0.0361. The first kappa shape index (κ1) is 23.4. The first-order chi connectivity index (χ1) is 17.6. The summed E-state index contributed by atoms with van der Waals surface area (Å²) in [5.74, 6) is 2.22. The molecule has 0 atom stereocenters. The van der Waals surface area contributed by atoms with E-state index in [1.54, 1.807) is 17.1 Å². The Kier molecular flexibility index (Phi) is 6.35. The number of morpholine rings is 1. The van der Waals surface area contributed by atoms with Crippen LogP contribution in [-0.4, -0.2) is 68.9 Å². The normalized spacial score (nSPS) is 20.4. The number of amides is 1. The monoisotopic (exact) mass is 490 g/mol. The standard InChI is InChI=1S/C27H34N6O3/c1-19-5-8-23(36-19)22-9-12-28-26(31-22)33-24(20-6-7-20)21(17-30-33)25(34)29-18-27(10-3-2-4-11-27)32-13-15-35-16-14-32/h5,8-9,12,17,20H,2-4,6-7,10-11,13-16,18H2,1H3,(H,29,34). The molecule has 4 heterocycles. The molecule has 1 amide bonds. The topological polar surface area (TPSA) is 98.3 Å². The Bertz CT molecular complexity index is 1220. The number of nitrogens with one attached hydrogen (secondary N) is 1. The molecule has 3 aromatic rings. The molecule has 0 radical (unpaired) electrons. The lowest BCUT2D eigenvalue weighted by atomic mass is 9.79. The minimum atomic E-state index is -0.0563. The molecule has 2 aliphatic carbocycles. The van der Waals surface area contributed by atoms with Crippen LogP contribution in [0.15, 0.2) is 35.0 Å². The molecule has 0 spiro atoms. The lowest BCUT2D eigenvalue weighted by Crippen LogP contribution is -2.59. The van der Waals surface area contributed by atoms with E-state index in [1.807, 2.05) is 25.1 Å². The van der Waals surface area contributed by atoms with Crippen LogP contribution in [-0.2, 0) is 4.74 Å². The molecular formula is C27H34N6O3. The molecular weight excluding hydrogens is 456 g/mol. The predicted molar refractivity (Wildman–Crippen MR) is 134 cm³/mol.